The number of carboxylic acids is 1. The van der Waals surface area contributed by atoms with Crippen LogP contribution >= 0.6 is 0 Å². The summed E-state index contributed by atoms with van der Waals surface area (Å²) in [5.41, 5.74) is 4.30. The normalized spacial score (nSPS) is 10.3. The first-order valence-corrected chi connectivity index (χ1v) is 8.79. The van der Waals surface area contributed by atoms with Crippen LogP contribution in [0.2, 0.25) is 0 Å². The molecule has 2 aromatic carbocycles. The zero-order valence-corrected chi connectivity index (χ0v) is 16.4. The Labute approximate surface area is 163 Å². The maximum Gasteiger partial charge on any atom is 0.341 e. The van der Waals surface area contributed by atoms with E-state index in [0.29, 0.717) is 22.4 Å². The monoisotopic (exact) mass is 384 g/mol. The van der Waals surface area contributed by atoms with E-state index in [0.717, 1.165) is 16.8 Å². The Kier molecular flexibility index (Phi) is 6.76. The molecule has 0 spiro atoms. The fourth-order valence-electron chi connectivity index (χ4n) is 2.90. The molecule has 0 saturated heterocycles. The molecule has 0 unspecified atom stereocenters. The predicted octanol–water partition coefficient (Wildman–Crippen LogP) is 2.75. The highest BCUT2D eigenvalue weighted by atomic mass is 16.5. The van der Waals surface area contributed by atoms with Crippen LogP contribution in [0.5, 0.6) is 5.75 Å². The Morgan fingerprint density at radius 3 is 2.07 bits per heavy atom. The topological polar surface area (TPSA) is 105 Å². The SMILES string of the molecule is Cc1cccc(C)c1NC(=O)CNC(=O)c1cc(C)c(OCC(=O)O)c(C)c1. The van der Waals surface area contributed by atoms with Crippen LogP contribution in [-0.4, -0.2) is 36.0 Å². The minimum Gasteiger partial charge on any atom is -0.481 e. The zero-order chi connectivity index (χ0) is 20.8. The number of anilines is 1. The average Bonchev–Trinajstić information content (AvgIpc) is 2.61. The molecule has 0 bridgehead atoms. The van der Waals surface area contributed by atoms with Crippen LogP contribution in [0.15, 0.2) is 30.3 Å². The van der Waals surface area contributed by atoms with Gasteiger partial charge in [0, 0.05) is 11.3 Å². The molecule has 0 radical (unpaired) electrons. The van der Waals surface area contributed by atoms with Gasteiger partial charge in [0.1, 0.15) is 5.75 Å². The number of hydrogen-bond acceptors (Lipinski definition) is 4. The van der Waals surface area contributed by atoms with E-state index in [1.54, 1.807) is 26.0 Å². The number of rotatable bonds is 7. The van der Waals surface area contributed by atoms with E-state index in [1.807, 2.05) is 32.0 Å². The molecule has 0 aliphatic heterocycles. The van der Waals surface area contributed by atoms with Gasteiger partial charge < -0.3 is 20.5 Å². The van der Waals surface area contributed by atoms with Crippen molar-refractivity contribution in [3.63, 3.8) is 0 Å². The van der Waals surface area contributed by atoms with Crippen molar-refractivity contribution < 1.29 is 24.2 Å². The Balaban J connectivity index is 2.01. The van der Waals surface area contributed by atoms with E-state index in [1.165, 1.54) is 0 Å². The third-order valence-electron chi connectivity index (χ3n) is 4.22. The summed E-state index contributed by atoms with van der Waals surface area (Å²) in [5, 5.41) is 14.1. The van der Waals surface area contributed by atoms with Gasteiger partial charge in [-0.25, -0.2) is 4.79 Å². The second-order valence-electron chi connectivity index (χ2n) is 6.62. The maximum atomic E-state index is 12.4. The quantitative estimate of drug-likeness (QED) is 0.681. The van der Waals surface area contributed by atoms with Crippen molar-refractivity contribution in [1.29, 1.82) is 0 Å². The van der Waals surface area contributed by atoms with Crippen LogP contribution in [0.25, 0.3) is 0 Å². The van der Waals surface area contributed by atoms with Gasteiger partial charge >= 0.3 is 5.97 Å². The summed E-state index contributed by atoms with van der Waals surface area (Å²) in [7, 11) is 0. The lowest BCUT2D eigenvalue weighted by Crippen LogP contribution is -2.33. The molecule has 0 aliphatic carbocycles. The Morgan fingerprint density at radius 2 is 1.54 bits per heavy atom. The molecular formula is C21H24N2O5. The molecule has 28 heavy (non-hydrogen) atoms. The van der Waals surface area contributed by atoms with Gasteiger partial charge in [0.05, 0.1) is 6.54 Å². The number of aliphatic carboxylic acids is 1. The molecule has 2 rings (SSSR count). The Bertz CT molecular complexity index is 878. The minimum atomic E-state index is -1.07. The summed E-state index contributed by atoms with van der Waals surface area (Å²) in [6, 6.07) is 8.92. The van der Waals surface area contributed by atoms with Gasteiger partial charge in [0.2, 0.25) is 5.91 Å². The third-order valence-corrected chi connectivity index (χ3v) is 4.22. The molecule has 7 nitrogen and oxygen atoms in total. The Hall–Kier alpha value is -3.35. The molecule has 0 saturated carbocycles. The second kappa shape index (κ2) is 9.03. The van der Waals surface area contributed by atoms with Crippen LogP contribution in [0.1, 0.15) is 32.6 Å². The van der Waals surface area contributed by atoms with Gasteiger partial charge in [0.15, 0.2) is 6.61 Å². The van der Waals surface area contributed by atoms with Gasteiger partial charge in [-0.1, -0.05) is 18.2 Å². The molecule has 0 atom stereocenters. The highest BCUT2D eigenvalue weighted by Crippen LogP contribution is 2.25. The number of carbonyl (C=O) groups is 3. The number of ether oxygens (including phenoxy) is 1. The van der Waals surface area contributed by atoms with Gasteiger partial charge in [-0.2, -0.15) is 0 Å². The van der Waals surface area contributed by atoms with Crippen LogP contribution in [0.4, 0.5) is 5.69 Å². The van der Waals surface area contributed by atoms with Crippen LogP contribution < -0.4 is 15.4 Å². The first-order valence-electron chi connectivity index (χ1n) is 8.79. The molecule has 0 aromatic heterocycles. The number of carboxylic acid groups (broad SMARTS) is 1. The van der Waals surface area contributed by atoms with E-state index >= 15 is 0 Å². The number of amides is 2. The predicted molar refractivity (Wildman–Crippen MR) is 106 cm³/mol. The van der Waals surface area contributed by atoms with Crippen LogP contribution in [0, 0.1) is 27.7 Å². The maximum absolute atomic E-state index is 12.4. The number of aryl methyl sites for hydroxylation is 4. The molecular weight excluding hydrogens is 360 g/mol. The number of para-hydroxylation sites is 1. The van der Waals surface area contributed by atoms with Crippen molar-refractivity contribution >= 4 is 23.5 Å². The van der Waals surface area contributed by atoms with Crippen LogP contribution in [-0.2, 0) is 9.59 Å². The van der Waals surface area contributed by atoms with E-state index in [4.69, 9.17) is 9.84 Å². The minimum absolute atomic E-state index is 0.165. The van der Waals surface area contributed by atoms with E-state index in [2.05, 4.69) is 10.6 Å². The fourth-order valence-corrected chi connectivity index (χ4v) is 2.90. The molecule has 0 aliphatic rings. The molecule has 7 heteroatoms. The van der Waals surface area contributed by atoms with E-state index in [9.17, 15) is 14.4 Å². The largest absolute Gasteiger partial charge is 0.481 e. The zero-order valence-electron chi connectivity index (χ0n) is 16.4. The van der Waals surface area contributed by atoms with Crippen molar-refractivity contribution in [3.8, 4) is 5.75 Å². The molecule has 2 amide bonds. The summed E-state index contributed by atoms with van der Waals surface area (Å²) < 4.78 is 5.26. The smallest absolute Gasteiger partial charge is 0.341 e. The summed E-state index contributed by atoms with van der Waals surface area (Å²) >= 11 is 0. The van der Waals surface area contributed by atoms with Crippen molar-refractivity contribution in [2.24, 2.45) is 0 Å². The van der Waals surface area contributed by atoms with Gasteiger partial charge in [-0.05, 0) is 62.1 Å². The average molecular weight is 384 g/mol. The number of nitrogens with one attached hydrogen (secondary N) is 2. The summed E-state index contributed by atoms with van der Waals surface area (Å²) in [6.07, 6.45) is 0. The Morgan fingerprint density at radius 1 is 0.964 bits per heavy atom. The third kappa shape index (κ3) is 5.33. The second-order valence-corrected chi connectivity index (χ2v) is 6.62. The lowest BCUT2D eigenvalue weighted by Gasteiger charge is -2.14. The summed E-state index contributed by atoms with van der Waals surface area (Å²) in [6.45, 7) is 6.65. The van der Waals surface area contributed by atoms with Crippen molar-refractivity contribution in [2.75, 3.05) is 18.5 Å². The highest BCUT2D eigenvalue weighted by molar-refractivity contribution is 6.00. The van der Waals surface area contributed by atoms with E-state index < -0.39 is 18.5 Å². The lowest BCUT2D eigenvalue weighted by atomic mass is 10.1. The standard InChI is InChI=1S/C21H24N2O5/c1-12-6-5-7-13(2)19(12)23-17(24)10-22-21(27)16-8-14(3)20(15(4)9-16)28-11-18(25)26/h5-9H,10-11H2,1-4H3,(H,22,27)(H,23,24)(H,25,26). The molecule has 148 valence electrons. The van der Waals surface area contributed by atoms with Gasteiger partial charge in [-0.15, -0.1) is 0 Å². The number of carbonyl (C=O) groups excluding carboxylic acids is 2. The molecule has 0 fully saturated rings. The molecule has 3 N–H and O–H groups in total. The van der Waals surface area contributed by atoms with Crippen LogP contribution in [0.3, 0.4) is 0 Å². The van der Waals surface area contributed by atoms with Crippen molar-refractivity contribution in [2.45, 2.75) is 27.7 Å². The molecule has 2 aromatic rings. The van der Waals surface area contributed by atoms with Crippen molar-refractivity contribution in [3.05, 3.63) is 58.1 Å². The summed E-state index contributed by atoms with van der Waals surface area (Å²) in [4.78, 5) is 35.2. The number of hydrogen-bond donors (Lipinski definition) is 3. The van der Waals surface area contributed by atoms with Gasteiger partial charge in [0.25, 0.3) is 5.91 Å². The lowest BCUT2D eigenvalue weighted by molar-refractivity contribution is -0.139. The molecule has 0 heterocycles. The van der Waals surface area contributed by atoms with E-state index in [-0.39, 0.29) is 12.5 Å². The first kappa shape index (κ1) is 21.0. The summed E-state index contributed by atoms with van der Waals surface area (Å²) in [5.74, 6) is -1.35. The van der Waals surface area contributed by atoms with Gasteiger partial charge in [-0.3, -0.25) is 9.59 Å². The highest BCUT2D eigenvalue weighted by Gasteiger charge is 2.14. The van der Waals surface area contributed by atoms with Crippen molar-refractivity contribution in [1.82, 2.24) is 5.32 Å². The fraction of sp³-hybridized carbons (Fsp3) is 0.286. The first-order chi connectivity index (χ1) is 13.2. The number of benzene rings is 2.